The molecule has 101 heavy (non-hydrogen) atoms. The van der Waals surface area contributed by atoms with Gasteiger partial charge in [-0.1, -0.05) is 60.7 Å². The second kappa shape index (κ2) is 34.3. The van der Waals surface area contributed by atoms with Gasteiger partial charge in [0.2, 0.25) is 18.3 Å². The molecule has 30 nitrogen and oxygen atoms in total. The zero-order valence-corrected chi connectivity index (χ0v) is 58.5. The number of rotatable bonds is 33. The number of hydrogen-bond acceptors (Lipinski definition) is 25. The molecule has 1 saturated carbocycles. The summed E-state index contributed by atoms with van der Waals surface area (Å²) in [4.78, 5) is 115. The van der Waals surface area contributed by atoms with Crippen LogP contribution in [0.15, 0.2) is 109 Å². The van der Waals surface area contributed by atoms with Crippen molar-refractivity contribution in [2.45, 2.75) is 113 Å². The average molecular weight is 1430 g/mol. The maximum absolute atomic E-state index is 13.8. The number of phosphoric acid groups is 1. The number of carbonyl (C=O) groups is 8. The van der Waals surface area contributed by atoms with E-state index in [9.17, 15) is 58.0 Å². The molecule has 0 aromatic heterocycles. The quantitative estimate of drug-likeness (QED) is 0.00948. The topological polar surface area (TPSA) is 380 Å². The van der Waals surface area contributed by atoms with Crippen LogP contribution < -0.4 is 39.6 Å². The van der Waals surface area contributed by atoms with Crippen LogP contribution >= 0.6 is 7.82 Å². The lowest BCUT2D eigenvalue weighted by Gasteiger charge is -2.43. The van der Waals surface area contributed by atoms with Crippen molar-refractivity contribution in [3.8, 4) is 28.7 Å². The molecule has 3 amide bonds. The monoisotopic (exact) mass is 1430 g/mol. The normalized spacial score (nSPS) is 22.4. The van der Waals surface area contributed by atoms with E-state index in [-0.39, 0.29) is 85.8 Å². The van der Waals surface area contributed by atoms with E-state index in [0.29, 0.717) is 59.2 Å². The van der Waals surface area contributed by atoms with Crippen molar-refractivity contribution in [2.75, 3.05) is 94.4 Å². The second-order valence-corrected chi connectivity index (χ2v) is 26.3. The number of benzene rings is 5. The summed E-state index contributed by atoms with van der Waals surface area (Å²) in [6, 6.07) is 29.5. The molecule has 2 aliphatic heterocycles. The summed E-state index contributed by atoms with van der Waals surface area (Å²) in [5.74, 6) is -7.31. The molecule has 31 heteroatoms. The first-order valence-corrected chi connectivity index (χ1v) is 33.8. The van der Waals surface area contributed by atoms with Crippen LogP contribution in [0.3, 0.4) is 0 Å². The lowest BCUT2D eigenvalue weighted by Crippen LogP contribution is -2.64. The second-order valence-electron chi connectivity index (χ2n) is 24.9. The van der Waals surface area contributed by atoms with Crippen LogP contribution in [0.4, 0.5) is 10.5 Å². The number of fused-ring (bicyclic) bond motifs is 3. The molecule has 3 aliphatic rings. The number of nitrogens with one attached hydrogen (secondary N) is 3. The van der Waals surface area contributed by atoms with E-state index in [1.165, 1.54) is 45.6 Å². The Bertz CT molecular complexity index is 3800. The molecule has 11 atom stereocenters. The van der Waals surface area contributed by atoms with Crippen LogP contribution in [0, 0.1) is 5.92 Å². The van der Waals surface area contributed by atoms with Gasteiger partial charge in [0.15, 0.2) is 29.5 Å². The number of likely N-dealkylation sites (N-methyl/N-ethyl adjacent to an activating group) is 1. The minimum atomic E-state index is -4.23. The van der Waals surface area contributed by atoms with E-state index in [2.05, 4.69) is 16.0 Å². The number of esters is 5. The molecule has 0 spiro atoms. The molecule has 5 aromatic rings. The molecule has 0 bridgehead atoms. The number of aliphatic hydroxyl groups is 2. The van der Waals surface area contributed by atoms with Gasteiger partial charge < -0.3 is 92.4 Å². The zero-order valence-electron chi connectivity index (χ0n) is 57.6. The van der Waals surface area contributed by atoms with Gasteiger partial charge in [-0.3, -0.25) is 37.8 Å². The highest BCUT2D eigenvalue weighted by Gasteiger charge is 2.78. The molecule has 6 N–H and O–H groups in total. The van der Waals surface area contributed by atoms with Crippen LogP contribution in [0.25, 0.3) is 0 Å². The number of alkyl carbamates (subject to hydrolysis) is 1. The Balaban J connectivity index is 0.914. The van der Waals surface area contributed by atoms with E-state index >= 15 is 0 Å². The molecule has 2 heterocycles. The molecule has 8 rings (SSSR count). The van der Waals surface area contributed by atoms with Crippen molar-refractivity contribution in [1.29, 1.82) is 0 Å². The van der Waals surface area contributed by atoms with E-state index in [0.717, 1.165) is 33.4 Å². The first-order valence-electron chi connectivity index (χ1n) is 32.3. The third kappa shape index (κ3) is 19.0. The Morgan fingerprint density at radius 1 is 0.663 bits per heavy atom. The van der Waals surface area contributed by atoms with Crippen LogP contribution in [-0.2, 0) is 99.8 Å². The molecular formula is C70H86N4O26P+. The largest absolute Gasteiger partial charge is 0.497 e. The van der Waals surface area contributed by atoms with Crippen molar-refractivity contribution in [3.63, 3.8) is 0 Å². The van der Waals surface area contributed by atoms with Gasteiger partial charge >= 0.3 is 43.8 Å². The van der Waals surface area contributed by atoms with Crippen LogP contribution in [-0.4, -0.2) is 193 Å². The molecule has 5 aromatic carbocycles. The summed E-state index contributed by atoms with van der Waals surface area (Å²) in [7, 11) is 6.65. The summed E-state index contributed by atoms with van der Waals surface area (Å²) in [5.41, 5.74) is -1.73. The molecule has 2 fully saturated rings. The fourth-order valence-corrected chi connectivity index (χ4v) is 12.9. The Hall–Kier alpha value is -9.39. The van der Waals surface area contributed by atoms with Gasteiger partial charge in [0.1, 0.15) is 54.6 Å². The number of methoxy groups -OCH3 is 4. The highest BCUT2D eigenvalue weighted by Crippen LogP contribution is 2.70. The van der Waals surface area contributed by atoms with Crippen molar-refractivity contribution >= 4 is 61.3 Å². The van der Waals surface area contributed by atoms with E-state index in [4.69, 9.17) is 65.9 Å². The van der Waals surface area contributed by atoms with E-state index < -0.39 is 115 Å². The van der Waals surface area contributed by atoms with Crippen molar-refractivity contribution in [3.05, 3.63) is 143 Å². The van der Waals surface area contributed by atoms with Gasteiger partial charge in [0.25, 0.3) is 5.91 Å². The highest BCUT2D eigenvalue weighted by atomic mass is 31.2. The molecular weight excluding hydrogens is 1340 g/mol. The number of hydrogen-bond donors (Lipinski definition) is 6. The summed E-state index contributed by atoms with van der Waals surface area (Å²) < 4.78 is 91.7. The van der Waals surface area contributed by atoms with Gasteiger partial charge in [0.05, 0.1) is 80.0 Å². The maximum atomic E-state index is 13.8. The fourth-order valence-electron chi connectivity index (χ4n) is 12.2. The minimum absolute atomic E-state index is 0.0395. The summed E-state index contributed by atoms with van der Waals surface area (Å²) in [6.45, 7) is 3.26. The lowest BCUT2D eigenvalue weighted by molar-refractivity contribution is -0.870. The van der Waals surface area contributed by atoms with Crippen LogP contribution in [0.5, 0.6) is 28.7 Å². The van der Waals surface area contributed by atoms with Crippen molar-refractivity contribution in [2.24, 2.45) is 5.92 Å². The van der Waals surface area contributed by atoms with Gasteiger partial charge in [-0.25, -0.2) is 14.2 Å². The third-order valence-electron chi connectivity index (χ3n) is 16.8. The Kier molecular flexibility index (Phi) is 26.3. The minimum Gasteiger partial charge on any atom is -0.497 e. The van der Waals surface area contributed by atoms with Crippen molar-refractivity contribution in [1.82, 2.24) is 10.6 Å². The number of ether oxygens (including phenoxy) is 12. The summed E-state index contributed by atoms with van der Waals surface area (Å²) in [5, 5.41) is 33.6. The van der Waals surface area contributed by atoms with Gasteiger partial charge in [-0.15, -0.1) is 0 Å². The number of phosphoric ester groups is 1. The van der Waals surface area contributed by atoms with Crippen LogP contribution in [0.1, 0.15) is 90.5 Å². The molecule has 1 unspecified atom stereocenters. The number of nitrogens with zero attached hydrogens (tertiary/aromatic N) is 1. The first kappa shape index (κ1) is 77.3. The SMILES string of the molecule is COC(=O)[C@H]1[C@@H](O)[C@@]2(O)c3c(OC)cc(OCCCCNC(=O)OCc4ccc(O[C@@H]5O[C@H](C(=O)OC)[C@@H](OC(C)=O)[C@H](OC(C)=O)[C@H]5OC(C)=O)c(NC(=O)CCNC(=O)c5ccc(CCCOP(=O)(O)OCC[N+](C)(C)C)cc5)c4)cc3O[C@@]2(c2ccc(OC)cc2)[C@@H]1c1ccccc1. The number of amides is 3. The van der Waals surface area contributed by atoms with Crippen molar-refractivity contribution < 1.29 is 128 Å². The Morgan fingerprint density at radius 3 is 1.96 bits per heavy atom. The van der Waals surface area contributed by atoms with E-state index in [1.54, 1.807) is 84.9 Å². The third-order valence-corrected chi connectivity index (χ3v) is 17.8. The smallest absolute Gasteiger partial charge is 0.472 e. The zero-order chi connectivity index (χ0) is 73.4. The predicted molar refractivity (Wildman–Crippen MR) is 355 cm³/mol. The summed E-state index contributed by atoms with van der Waals surface area (Å²) >= 11 is 0. The number of quaternary nitrogens is 1. The molecule has 1 saturated heterocycles. The van der Waals surface area contributed by atoms with E-state index in [1.807, 2.05) is 21.1 Å². The maximum Gasteiger partial charge on any atom is 0.472 e. The molecule has 0 radical (unpaired) electrons. The molecule has 1 aliphatic carbocycles. The number of aliphatic hydroxyl groups excluding tert-OH is 1. The Morgan fingerprint density at radius 2 is 1.32 bits per heavy atom. The average Bonchev–Trinajstić information content (AvgIpc) is 1.49. The van der Waals surface area contributed by atoms with Gasteiger partial charge in [-0.05, 0) is 84.3 Å². The van der Waals surface area contributed by atoms with Crippen LogP contribution in [0.2, 0.25) is 0 Å². The predicted octanol–water partition coefficient (Wildman–Crippen LogP) is 5.82. The van der Waals surface area contributed by atoms with Gasteiger partial charge in [-0.2, -0.15) is 0 Å². The Labute approximate surface area is 583 Å². The number of unbranched alkanes of at least 4 members (excludes halogenated alkanes) is 1. The fraction of sp³-hybridized carbons (Fsp3) is 0.457. The highest BCUT2D eigenvalue weighted by molar-refractivity contribution is 7.47. The van der Waals surface area contributed by atoms with Gasteiger partial charge in [0, 0.05) is 63.9 Å². The standard InChI is InChI=1S/C70H85N4O26P/c1-41(75)95-59-60(96-42(2)76)62(97-43(3)77)67(99-61(59)66(82)90-10)98-52-29-22-45(37-51(52)73-55(78)30-32-71-64(80)47-23-20-44(21-24-47)17-16-35-93-101(85,86)94-36-33-74(4,5)6)40-92-68(83)72-31-14-15-34-91-50-38-53(88-8)58-54(39-50)100-70(48-25-27-49(87-7)28-26-48)57(46-18-12-11-13-19-46)56(65(81)89-9)63(79)69(58,70)84/h11-13,18-29,37-39,56-57,59-63,67,79,84H,14-17,30-36,40H2,1-10H3,(H3-,71,72,73,78,80,83,85,86)/p+1/t56-,57-,59+,60+,61+,62-,63-,67-,69+,70+/m1/s1. The first-order chi connectivity index (χ1) is 48.1. The number of carbonyl (C=O) groups excluding carboxylic acids is 8. The molecule has 546 valence electrons. The summed E-state index contributed by atoms with van der Waals surface area (Å²) in [6.07, 6.45) is -10.1. The number of anilines is 1. The lowest BCUT2D eigenvalue weighted by atomic mass is 9.70. The number of aryl methyl sites for hydroxylation is 1.